The zero-order chi connectivity index (χ0) is 19.9. The molecule has 0 bridgehead atoms. The summed E-state index contributed by atoms with van der Waals surface area (Å²) in [6, 6.07) is 12.5. The van der Waals surface area contributed by atoms with Crippen molar-refractivity contribution in [1.29, 1.82) is 0 Å². The summed E-state index contributed by atoms with van der Waals surface area (Å²) in [5, 5.41) is 2.35. The van der Waals surface area contributed by atoms with Gasteiger partial charge in [-0.3, -0.25) is 9.59 Å². The summed E-state index contributed by atoms with van der Waals surface area (Å²) < 4.78 is 10.5. The zero-order valence-electron chi connectivity index (χ0n) is 15.5. The zero-order valence-corrected chi connectivity index (χ0v) is 16.3. The molecule has 3 rings (SSSR count). The van der Waals surface area contributed by atoms with Crippen LogP contribution in [0.3, 0.4) is 0 Å². The Morgan fingerprint density at radius 3 is 2.68 bits per heavy atom. The molecule has 0 aliphatic carbocycles. The minimum absolute atomic E-state index is 0.249. The number of hydrogen-bond acceptors (Lipinski definition) is 6. The molecular formula is C20H22N2O5S. The van der Waals surface area contributed by atoms with E-state index in [2.05, 4.69) is 5.32 Å². The highest BCUT2D eigenvalue weighted by molar-refractivity contribution is 7.99. The number of thioether (sulfide) groups is 1. The fourth-order valence-corrected chi connectivity index (χ4v) is 4.41. The molecule has 148 valence electrons. The number of furan rings is 1. The Bertz CT molecular complexity index is 809. The topological polar surface area (TPSA) is 88.8 Å². The lowest BCUT2D eigenvalue weighted by Gasteiger charge is -2.25. The summed E-state index contributed by atoms with van der Waals surface area (Å²) in [5.74, 6) is -0.212. The predicted molar refractivity (Wildman–Crippen MR) is 104 cm³/mol. The summed E-state index contributed by atoms with van der Waals surface area (Å²) in [6.45, 7) is 1.49. The van der Waals surface area contributed by atoms with E-state index < -0.39 is 12.0 Å². The monoisotopic (exact) mass is 402 g/mol. The number of esters is 1. The number of rotatable bonds is 7. The van der Waals surface area contributed by atoms with Gasteiger partial charge in [0.15, 0.2) is 6.61 Å². The standard InChI is InChI=1S/C20H22N2O5S/c1-14(23)22-16(13-28-19(22)17-8-5-11-26-17)20(25)27-12-18(24)21-10-9-15-6-3-2-4-7-15/h2-8,11,16,19H,9-10,12-13H2,1H3,(H,21,24)/t16-,19-/m0/s1. The highest BCUT2D eigenvalue weighted by Gasteiger charge is 2.43. The molecule has 2 heterocycles. The Morgan fingerprint density at radius 2 is 2.00 bits per heavy atom. The van der Waals surface area contributed by atoms with E-state index in [9.17, 15) is 14.4 Å². The number of carbonyl (C=O) groups is 3. The number of carbonyl (C=O) groups excluding carboxylic acids is 3. The van der Waals surface area contributed by atoms with Crippen molar-refractivity contribution >= 4 is 29.5 Å². The van der Waals surface area contributed by atoms with Gasteiger partial charge >= 0.3 is 5.97 Å². The van der Waals surface area contributed by atoms with Crippen molar-refractivity contribution < 1.29 is 23.5 Å². The van der Waals surface area contributed by atoms with Crippen molar-refractivity contribution in [2.45, 2.75) is 24.8 Å². The minimum Gasteiger partial charge on any atom is -0.466 e. The molecule has 2 amide bonds. The van der Waals surface area contributed by atoms with Crippen LogP contribution >= 0.6 is 11.8 Å². The van der Waals surface area contributed by atoms with Gasteiger partial charge in [-0.15, -0.1) is 11.8 Å². The second-order valence-corrected chi connectivity index (χ2v) is 7.45. The Balaban J connectivity index is 1.47. The quantitative estimate of drug-likeness (QED) is 0.714. The molecular weight excluding hydrogens is 380 g/mol. The number of ether oxygens (including phenoxy) is 1. The van der Waals surface area contributed by atoms with Crippen molar-refractivity contribution in [3.8, 4) is 0 Å². The van der Waals surface area contributed by atoms with Gasteiger partial charge in [0.2, 0.25) is 5.91 Å². The molecule has 0 radical (unpaired) electrons. The Morgan fingerprint density at radius 1 is 1.21 bits per heavy atom. The van der Waals surface area contributed by atoms with Gasteiger partial charge in [-0.1, -0.05) is 30.3 Å². The lowest BCUT2D eigenvalue weighted by atomic mass is 10.1. The van der Waals surface area contributed by atoms with Gasteiger partial charge in [-0.05, 0) is 24.1 Å². The van der Waals surface area contributed by atoms with E-state index in [1.165, 1.54) is 29.8 Å². The number of hydrogen-bond donors (Lipinski definition) is 1. The lowest BCUT2D eigenvalue weighted by molar-refractivity contribution is -0.156. The summed E-state index contributed by atoms with van der Waals surface area (Å²) in [4.78, 5) is 37.9. The summed E-state index contributed by atoms with van der Waals surface area (Å²) in [6.07, 6.45) is 2.22. The van der Waals surface area contributed by atoms with Gasteiger partial charge < -0.3 is 19.4 Å². The molecule has 28 heavy (non-hydrogen) atoms. The highest BCUT2D eigenvalue weighted by Crippen LogP contribution is 2.41. The Kier molecular flexibility index (Phi) is 6.76. The molecule has 1 fully saturated rings. The first kappa shape index (κ1) is 20.0. The van der Waals surface area contributed by atoms with Gasteiger partial charge in [-0.2, -0.15) is 0 Å². The fourth-order valence-electron chi connectivity index (χ4n) is 3.00. The average molecular weight is 402 g/mol. The third-order valence-corrected chi connectivity index (χ3v) is 5.63. The molecule has 2 aromatic rings. The van der Waals surface area contributed by atoms with Crippen molar-refractivity contribution in [1.82, 2.24) is 10.2 Å². The largest absolute Gasteiger partial charge is 0.466 e. The molecule has 0 unspecified atom stereocenters. The van der Waals surface area contributed by atoms with E-state index in [1.54, 1.807) is 12.1 Å². The number of benzene rings is 1. The van der Waals surface area contributed by atoms with Crippen LogP contribution in [-0.2, 0) is 25.5 Å². The van der Waals surface area contributed by atoms with Crippen LogP contribution < -0.4 is 5.32 Å². The van der Waals surface area contributed by atoms with Crippen molar-refractivity contribution in [3.05, 3.63) is 60.1 Å². The van der Waals surface area contributed by atoms with Crippen molar-refractivity contribution in [3.63, 3.8) is 0 Å². The fraction of sp³-hybridized carbons (Fsp3) is 0.350. The van der Waals surface area contributed by atoms with Crippen LogP contribution in [0.25, 0.3) is 0 Å². The SMILES string of the molecule is CC(=O)N1[C@H](C(=O)OCC(=O)NCCc2ccccc2)CS[C@H]1c1ccco1. The molecule has 1 aromatic heterocycles. The van der Waals surface area contributed by atoms with E-state index in [1.807, 2.05) is 30.3 Å². The maximum Gasteiger partial charge on any atom is 0.330 e. The highest BCUT2D eigenvalue weighted by atomic mass is 32.2. The van der Waals surface area contributed by atoms with E-state index in [4.69, 9.17) is 9.15 Å². The Labute approximate surface area is 167 Å². The third-order valence-electron chi connectivity index (χ3n) is 4.35. The molecule has 1 aliphatic heterocycles. The third kappa shape index (κ3) is 4.95. The van der Waals surface area contributed by atoms with Gasteiger partial charge in [0.25, 0.3) is 5.91 Å². The molecule has 8 heteroatoms. The van der Waals surface area contributed by atoms with E-state index in [-0.39, 0.29) is 23.8 Å². The molecule has 1 saturated heterocycles. The summed E-state index contributed by atoms with van der Waals surface area (Å²) >= 11 is 1.43. The van der Waals surface area contributed by atoms with E-state index in [0.29, 0.717) is 24.5 Å². The molecule has 0 spiro atoms. The Hall–Kier alpha value is -2.74. The summed E-state index contributed by atoms with van der Waals surface area (Å²) in [7, 11) is 0. The molecule has 1 N–H and O–H groups in total. The number of nitrogens with one attached hydrogen (secondary N) is 1. The van der Waals surface area contributed by atoms with E-state index >= 15 is 0 Å². The minimum atomic E-state index is -0.741. The van der Waals surface area contributed by atoms with Crippen LogP contribution in [0.4, 0.5) is 0 Å². The van der Waals surface area contributed by atoms with Gasteiger partial charge in [0, 0.05) is 19.2 Å². The smallest absolute Gasteiger partial charge is 0.330 e. The predicted octanol–water partition coefficient (Wildman–Crippen LogP) is 2.14. The van der Waals surface area contributed by atoms with Crippen LogP contribution in [0.2, 0.25) is 0 Å². The van der Waals surface area contributed by atoms with Crippen LogP contribution in [-0.4, -0.2) is 47.6 Å². The maximum absolute atomic E-state index is 12.4. The van der Waals surface area contributed by atoms with Crippen molar-refractivity contribution in [2.75, 3.05) is 18.9 Å². The first-order valence-corrected chi connectivity index (χ1v) is 10.0. The molecule has 1 aromatic carbocycles. The van der Waals surface area contributed by atoms with Crippen LogP contribution in [0.15, 0.2) is 53.1 Å². The van der Waals surface area contributed by atoms with E-state index in [0.717, 1.165) is 5.56 Å². The van der Waals surface area contributed by atoms with Crippen LogP contribution in [0, 0.1) is 0 Å². The summed E-state index contributed by atoms with van der Waals surface area (Å²) in [5.41, 5.74) is 1.11. The lowest BCUT2D eigenvalue weighted by Crippen LogP contribution is -2.43. The number of nitrogens with zero attached hydrogens (tertiary/aromatic N) is 1. The van der Waals surface area contributed by atoms with Crippen LogP contribution in [0.5, 0.6) is 0 Å². The second kappa shape index (κ2) is 9.45. The van der Waals surface area contributed by atoms with Crippen molar-refractivity contribution in [2.24, 2.45) is 0 Å². The number of amides is 2. The first-order chi connectivity index (χ1) is 13.6. The molecule has 2 atom stereocenters. The van der Waals surface area contributed by atoms with Crippen LogP contribution in [0.1, 0.15) is 23.6 Å². The van der Waals surface area contributed by atoms with Gasteiger partial charge in [0.05, 0.1) is 6.26 Å². The molecule has 0 saturated carbocycles. The maximum atomic E-state index is 12.4. The first-order valence-electron chi connectivity index (χ1n) is 8.97. The van der Waals surface area contributed by atoms with Gasteiger partial charge in [0.1, 0.15) is 17.2 Å². The molecule has 7 nitrogen and oxygen atoms in total. The van der Waals surface area contributed by atoms with Gasteiger partial charge in [-0.25, -0.2) is 4.79 Å². The average Bonchev–Trinajstić information content (AvgIpc) is 3.36. The normalized spacial score (nSPS) is 18.7. The second-order valence-electron chi connectivity index (χ2n) is 6.34. The molecule has 1 aliphatic rings.